The normalized spacial score (nSPS) is 12.2. The van der Waals surface area contributed by atoms with Crippen LogP contribution in [0.15, 0.2) is 24.3 Å². The van der Waals surface area contributed by atoms with E-state index in [0.717, 1.165) is 18.4 Å². The lowest BCUT2D eigenvalue weighted by Crippen LogP contribution is -2.32. The highest BCUT2D eigenvalue weighted by Crippen LogP contribution is 2.11. The lowest BCUT2D eigenvalue weighted by molar-refractivity contribution is -0.130. The summed E-state index contributed by atoms with van der Waals surface area (Å²) in [6.45, 7) is 2.66. The van der Waals surface area contributed by atoms with Crippen molar-refractivity contribution in [1.29, 1.82) is 0 Å². The average molecular weight is 269 g/mol. The molecule has 3 nitrogen and oxygen atoms in total. The zero-order valence-corrected chi connectivity index (χ0v) is 11.8. The van der Waals surface area contributed by atoms with Crippen LogP contribution in [0.25, 0.3) is 0 Å². The number of hydrogen-bond donors (Lipinski definition) is 1. The second-order valence-electron chi connectivity index (χ2n) is 4.63. The van der Waals surface area contributed by atoms with E-state index >= 15 is 0 Å². The molecule has 0 aliphatic carbocycles. The van der Waals surface area contributed by atoms with E-state index in [4.69, 9.17) is 17.3 Å². The Kier molecular flexibility index (Phi) is 6.16. The molecule has 0 radical (unpaired) electrons. The van der Waals surface area contributed by atoms with Crippen LogP contribution >= 0.6 is 11.6 Å². The Morgan fingerprint density at radius 3 is 2.56 bits per heavy atom. The first kappa shape index (κ1) is 15.0. The van der Waals surface area contributed by atoms with Gasteiger partial charge in [0, 0.05) is 31.1 Å². The number of rotatable bonds is 6. The second kappa shape index (κ2) is 7.39. The van der Waals surface area contributed by atoms with Crippen molar-refractivity contribution in [1.82, 2.24) is 4.90 Å². The van der Waals surface area contributed by atoms with Crippen molar-refractivity contribution in [2.24, 2.45) is 5.73 Å². The van der Waals surface area contributed by atoms with Crippen molar-refractivity contribution in [3.8, 4) is 0 Å². The minimum atomic E-state index is -0.0323. The number of nitrogens with two attached hydrogens (primary N) is 1. The molecular formula is C14H21ClN2O. The predicted molar refractivity (Wildman–Crippen MR) is 75.4 cm³/mol. The molecular weight excluding hydrogens is 248 g/mol. The van der Waals surface area contributed by atoms with Crippen LogP contribution in [0.1, 0.15) is 31.7 Å². The smallest absolute Gasteiger partial charge is 0.224 e. The summed E-state index contributed by atoms with van der Waals surface area (Å²) in [5, 5.41) is 0.706. The van der Waals surface area contributed by atoms with E-state index in [1.165, 1.54) is 0 Å². The molecule has 100 valence electrons. The summed E-state index contributed by atoms with van der Waals surface area (Å²) in [6, 6.07) is 7.49. The minimum Gasteiger partial charge on any atom is -0.341 e. The molecule has 2 N–H and O–H groups in total. The van der Waals surface area contributed by atoms with E-state index in [2.05, 4.69) is 6.92 Å². The lowest BCUT2D eigenvalue weighted by atomic mass is 10.1. The van der Waals surface area contributed by atoms with Gasteiger partial charge >= 0.3 is 0 Å². The summed E-state index contributed by atoms with van der Waals surface area (Å²) < 4.78 is 0. The molecule has 0 aliphatic heterocycles. The van der Waals surface area contributed by atoms with Crippen molar-refractivity contribution < 1.29 is 4.79 Å². The van der Waals surface area contributed by atoms with Crippen molar-refractivity contribution in [2.75, 3.05) is 7.05 Å². The van der Waals surface area contributed by atoms with Gasteiger partial charge in [-0.2, -0.15) is 0 Å². The van der Waals surface area contributed by atoms with Crippen LogP contribution in [0.4, 0.5) is 0 Å². The van der Waals surface area contributed by atoms with Crippen LogP contribution < -0.4 is 5.73 Å². The summed E-state index contributed by atoms with van der Waals surface area (Å²) in [7, 11) is 1.80. The van der Waals surface area contributed by atoms with Gasteiger partial charge in [0.2, 0.25) is 5.91 Å². The standard InChI is InChI=1S/C14H21ClN2O/c1-3-4-13(16)9-14(18)17(2)10-11-5-7-12(15)8-6-11/h5-8,13H,3-4,9-10,16H2,1-2H3. The Morgan fingerprint density at radius 2 is 2.00 bits per heavy atom. The zero-order valence-electron chi connectivity index (χ0n) is 11.0. The molecule has 1 unspecified atom stereocenters. The summed E-state index contributed by atoms with van der Waals surface area (Å²) in [4.78, 5) is 13.6. The first-order valence-electron chi connectivity index (χ1n) is 6.27. The Bertz CT molecular complexity index is 378. The molecule has 18 heavy (non-hydrogen) atoms. The Hall–Kier alpha value is -1.06. The molecule has 4 heteroatoms. The highest BCUT2D eigenvalue weighted by atomic mass is 35.5. The minimum absolute atomic E-state index is 0.0323. The summed E-state index contributed by atoms with van der Waals surface area (Å²) >= 11 is 5.82. The van der Waals surface area contributed by atoms with Gasteiger partial charge < -0.3 is 10.6 Å². The van der Waals surface area contributed by atoms with Gasteiger partial charge in [-0.15, -0.1) is 0 Å². The number of hydrogen-bond acceptors (Lipinski definition) is 2. The van der Waals surface area contributed by atoms with Gasteiger partial charge in [-0.25, -0.2) is 0 Å². The fourth-order valence-electron chi connectivity index (χ4n) is 1.80. The van der Waals surface area contributed by atoms with Crippen LogP contribution in [0.5, 0.6) is 0 Å². The van der Waals surface area contributed by atoms with Crippen molar-refractivity contribution in [3.63, 3.8) is 0 Å². The van der Waals surface area contributed by atoms with Gasteiger partial charge in [-0.1, -0.05) is 37.1 Å². The van der Waals surface area contributed by atoms with Crippen LogP contribution in [0.2, 0.25) is 5.02 Å². The van der Waals surface area contributed by atoms with Gasteiger partial charge in [0.05, 0.1) is 0 Å². The lowest BCUT2D eigenvalue weighted by Gasteiger charge is -2.19. The summed E-state index contributed by atoms with van der Waals surface area (Å²) in [5.41, 5.74) is 6.94. The zero-order chi connectivity index (χ0) is 13.5. The van der Waals surface area contributed by atoms with Gasteiger partial charge in [0.15, 0.2) is 0 Å². The molecule has 0 aliphatic rings. The molecule has 0 bridgehead atoms. The summed E-state index contributed by atoms with van der Waals surface area (Å²) in [5.74, 6) is 0.0888. The Morgan fingerprint density at radius 1 is 1.39 bits per heavy atom. The Labute approximate surface area is 114 Å². The number of carbonyl (C=O) groups excluding carboxylic acids is 1. The molecule has 0 spiro atoms. The number of halogens is 1. The molecule has 1 atom stereocenters. The maximum absolute atomic E-state index is 11.9. The number of nitrogens with zero attached hydrogens (tertiary/aromatic N) is 1. The molecule has 0 fully saturated rings. The fourth-order valence-corrected chi connectivity index (χ4v) is 1.93. The fraction of sp³-hybridized carbons (Fsp3) is 0.500. The molecule has 0 saturated heterocycles. The van der Waals surface area contributed by atoms with Crippen LogP contribution in [-0.2, 0) is 11.3 Å². The largest absolute Gasteiger partial charge is 0.341 e. The van der Waals surface area contributed by atoms with Gasteiger partial charge in [0.1, 0.15) is 0 Å². The molecule has 1 amide bonds. The predicted octanol–water partition coefficient (Wildman–Crippen LogP) is 2.82. The van der Waals surface area contributed by atoms with E-state index < -0.39 is 0 Å². The molecule has 1 aromatic carbocycles. The van der Waals surface area contributed by atoms with Gasteiger partial charge in [-0.3, -0.25) is 4.79 Å². The maximum Gasteiger partial charge on any atom is 0.224 e. The topological polar surface area (TPSA) is 46.3 Å². The quantitative estimate of drug-likeness (QED) is 0.862. The van der Waals surface area contributed by atoms with Crippen LogP contribution in [0.3, 0.4) is 0 Å². The molecule has 0 saturated carbocycles. The SMILES string of the molecule is CCCC(N)CC(=O)N(C)Cc1ccc(Cl)cc1. The molecule has 1 aromatic rings. The Balaban J connectivity index is 2.46. The van der Waals surface area contributed by atoms with E-state index in [1.54, 1.807) is 11.9 Å². The molecule has 0 heterocycles. The number of carbonyl (C=O) groups is 1. The van der Waals surface area contributed by atoms with E-state index in [9.17, 15) is 4.79 Å². The van der Waals surface area contributed by atoms with Gasteiger partial charge in [0.25, 0.3) is 0 Å². The first-order valence-corrected chi connectivity index (χ1v) is 6.64. The van der Waals surface area contributed by atoms with Crippen molar-refractivity contribution >= 4 is 17.5 Å². The van der Waals surface area contributed by atoms with Gasteiger partial charge in [-0.05, 0) is 24.1 Å². The second-order valence-corrected chi connectivity index (χ2v) is 5.07. The van der Waals surface area contributed by atoms with E-state index in [0.29, 0.717) is 18.0 Å². The number of benzene rings is 1. The maximum atomic E-state index is 11.9. The first-order chi connectivity index (χ1) is 8.52. The highest BCUT2D eigenvalue weighted by Gasteiger charge is 2.13. The number of amides is 1. The van der Waals surface area contributed by atoms with E-state index in [-0.39, 0.29) is 11.9 Å². The highest BCUT2D eigenvalue weighted by molar-refractivity contribution is 6.30. The van der Waals surface area contributed by atoms with Crippen LogP contribution in [-0.4, -0.2) is 23.9 Å². The third-order valence-corrected chi connectivity index (χ3v) is 3.11. The monoisotopic (exact) mass is 268 g/mol. The average Bonchev–Trinajstić information content (AvgIpc) is 2.32. The van der Waals surface area contributed by atoms with Crippen molar-refractivity contribution in [2.45, 2.75) is 38.8 Å². The van der Waals surface area contributed by atoms with Crippen LogP contribution in [0, 0.1) is 0 Å². The van der Waals surface area contributed by atoms with Crippen molar-refractivity contribution in [3.05, 3.63) is 34.9 Å². The third kappa shape index (κ3) is 5.07. The summed E-state index contributed by atoms with van der Waals surface area (Å²) in [6.07, 6.45) is 2.31. The van der Waals surface area contributed by atoms with E-state index in [1.807, 2.05) is 24.3 Å². The third-order valence-electron chi connectivity index (χ3n) is 2.86. The molecule has 1 rings (SSSR count). The molecule has 0 aromatic heterocycles.